The zero-order chi connectivity index (χ0) is 18.1. The summed E-state index contributed by atoms with van der Waals surface area (Å²) >= 11 is 0. The number of rotatable bonds is 3. The molecule has 0 aliphatic carbocycles. The van der Waals surface area contributed by atoms with Crippen LogP contribution in [0.1, 0.15) is 33.2 Å². The molecule has 3 aromatic rings. The van der Waals surface area contributed by atoms with Gasteiger partial charge in [-0.1, -0.05) is 17.7 Å². The van der Waals surface area contributed by atoms with E-state index in [4.69, 9.17) is 4.74 Å². The molecular weight excluding hydrogens is 316 g/mol. The number of amides is 1. The first-order chi connectivity index (χ1) is 11.9. The lowest BCUT2D eigenvalue weighted by Crippen LogP contribution is -2.13. The summed E-state index contributed by atoms with van der Waals surface area (Å²) in [5.74, 6) is 0.223. The highest BCUT2D eigenvalue weighted by atomic mass is 16.5. The molecule has 128 valence electrons. The Balaban J connectivity index is 2.07. The zero-order valence-electron chi connectivity index (χ0n) is 14.7. The summed E-state index contributed by atoms with van der Waals surface area (Å²) in [6.07, 6.45) is 1.57. The van der Waals surface area contributed by atoms with Gasteiger partial charge in [0.1, 0.15) is 5.75 Å². The Morgan fingerprint density at radius 2 is 1.84 bits per heavy atom. The number of carbonyl (C=O) groups is 2. The van der Waals surface area contributed by atoms with Crippen LogP contribution < -0.4 is 10.1 Å². The van der Waals surface area contributed by atoms with E-state index in [1.165, 1.54) is 11.5 Å². The van der Waals surface area contributed by atoms with Crippen molar-refractivity contribution in [1.82, 2.24) is 4.57 Å². The second-order valence-corrected chi connectivity index (χ2v) is 6.09. The lowest BCUT2D eigenvalue weighted by molar-refractivity contribution is 0.0941. The van der Waals surface area contributed by atoms with Crippen molar-refractivity contribution in [3.8, 4) is 5.75 Å². The standard InChI is InChI=1S/C20H20N2O3/c1-12-5-7-18(13(2)9-12)21-20(24)17-11-22(14(3)23)19-8-6-15(25-4)10-16(17)19/h5-11H,1-4H3,(H,21,24). The number of anilines is 1. The van der Waals surface area contributed by atoms with Crippen molar-refractivity contribution < 1.29 is 14.3 Å². The predicted molar refractivity (Wildman–Crippen MR) is 98.7 cm³/mol. The molecule has 0 saturated carbocycles. The third-order valence-electron chi connectivity index (χ3n) is 4.23. The Kier molecular flexibility index (Phi) is 4.31. The monoisotopic (exact) mass is 336 g/mol. The molecule has 25 heavy (non-hydrogen) atoms. The summed E-state index contributed by atoms with van der Waals surface area (Å²) in [6, 6.07) is 11.2. The smallest absolute Gasteiger partial charge is 0.257 e. The summed E-state index contributed by atoms with van der Waals surface area (Å²) < 4.78 is 6.73. The number of nitrogens with zero attached hydrogens (tertiary/aromatic N) is 1. The van der Waals surface area contributed by atoms with Crippen LogP contribution >= 0.6 is 0 Å². The Morgan fingerprint density at radius 1 is 1.08 bits per heavy atom. The number of fused-ring (bicyclic) bond motifs is 1. The maximum atomic E-state index is 12.8. The number of aromatic nitrogens is 1. The van der Waals surface area contributed by atoms with Crippen LogP contribution in [0.25, 0.3) is 10.9 Å². The van der Waals surface area contributed by atoms with Gasteiger partial charge in [-0.05, 0) is 43.7 Å². The van der Waals surface area contributed by atoms with Crippen molar-refractivity contribution in [2.45, 2.75) is 20.8 Å². The highest BCUT2D eigenvalue weighted by Gasteiger charge is 2.18. The summed E-state index contributed by atoms with van der Waals surface area (Å²) in [7, 11) is 1.57. The molecular formula is C20H20N2O3. The first-order valence-electron chi connectivity index (χ1n) is 7.99. The summed E-state index contributed by atoms with van der Waals surface area (Å²) in [4.78, 5) is 24.7. The molecule has 0 bridgehead atoms. The van der Waals surface area contributed by atoms with Gasteiger partial charge in [0, 0.05) is 24.2 Å². The van der Waals surface area contributed by atoms with Gasteiger partial charge in [0.2, 0.25) is 5.91 Å². The second kappa shape index (κ2) is 6.43. The van der Waals surface area contributed by atoms with Crippen molar-refractivity contribution in [1.29, 1.82) is 0 Å². The third kappa shape index (κ3) is 3.13. The van der Waals surface area contributed by atoms with Crippen molar-refractivity contribution >= 4 is 28.4 Å². The van der Waals surface area contributed by atoms with E-state index in [1.807, 2.05) is 32.0 Å². The van der Waals surface area contributed by atoms with Gasteiger partial charge in [-0.3, -0.25) is 14.2 Å². The summed E-state index contributed by atoms with van der Waals surface area (Å²) in [6.45, 7) is 5.42. The van der Waals surface area contributed by atoms with E-state index in [0.717, 1.165) is 16.8 Å². The molecule has 2 aromatic carbocycles. The van der Waals surface area contributed by atoms with Gasteiger partial charge in [0.15, 0.2) is 0 Å². The fourth-order valence-electron chi connectivity index (χ4n) is 2.92. The molecule has 1 aromatic heterocycles. The molecule has 0 aliphatic rings. The Hall–Kier alpha value is -3.08. The van der Waals surface area contributed by atoms with Gasteiger partial charge in [0.05, 0.1) is 18.2 Å². The SMILES string of the molecule is COc1ccc2c(c1)c(C(=O)Nc1ccc(C)cc1C)cn2C(C)=O. The van der Waals surface area contributed by atoms with Gasteiger partial charge in [0.25, 0.3) is 5.91 Å². The summed E-state index contributed by atoms with van der Waals surface area (Å²) in [5, 5.41) is 3.61. The molecule has 0 unspecified atom stereocenters. The summed E-state index contributed by atoms with van der Waals surface area (Å²) in [5.41, 5.74) is 3.99. The molecule has 0 saturated heterocycles. The van der Waals surface area contributed by atoms with E-state index in [-0.39, 0.29) is 11.8 Å². The van der Waals surface area contributed by atoms with Crippen LogP contribution in [0.5, 0.6) is 5.75 Å². The average molecular weight is 336 g/mol. The van der Waals surface area contributed by atoms with Gasteiger partial charge in [-0.15, -0.1) is 0 Å². The van der Waals surface area contributed by atoms with Crippen LogP contribution in [0.4, 0.5) is 5.69 Å². The highest BCUT2D eigenvalue weighted by molar-refractivity contribution is 6.14. The minimum Gasteiger partial charge on any atom is -0.497 e. The van der Waals surface area contributed by atoms with Crippen molar-refractivity contribution in [3.05, 3.63) is 59.3 Å². The molecule has 5 nitrogen and oxygen atoms in total. The molecule has 3 rings (SSSR count). The Labute approximate surface area is 146 Å². The molecule has 1 amide bonds. The van der Waals surface area contributed by atoms with Crippen LogP contribution in [-0.2, 0) is 0 Å². The molecule has 5 heteroatoms. The van der Waals surface area contributed by atoms with E-state index in [1.54, 1.807) is 31.5 Å². The van der Waals surface area contributed by atoms with Crippen LogP contribution in [0.3, 0.4) is 0 Å². The van der Waals surface area contributed by atoms with Crippen molar-refractivity contribution in [2.24, 2.45) is 0 Å². The fraction of sp³-hybridized carbons (Fsp3) is 0.200. The minimum absolute atomic E-state index is 0.152. The molecule has 0 fully saturated rings. The first kappa shape index (κ1) is 16.8. The number of benzene rings is 2. The van der Waals surface area contributed by atoms with Gasteiger partial charge in [-0.2, -0.15) is 0 Å². The Morgan fingerprint density at radius 3 is 2.48 bits per heavy atom. The van der Waals surface area contributed by atoms with E-state index >= 15 is 0 Å². The lowest BCUT2D eigenvalue weighted by atomic mass is 10.1. The molecule has 1 N–H and O–H groups in total. The van der Waals surface area contributed by atoms with Crippen LogP contribution in [0, 0.1) is 13.8 Å². The second-order valence-electron chi connectivity index (χ2n) is 6.09. The highest BCUT2D eigenvalue weighted by Crippen LogP contribution is 2.27. The van der Waals surface area contributed by atoms with E-state index in [2.05, 4.69) is 5.32 Å². The van der Waals surface area contributed by atoms with Crippen LogP contribution in [-0.4, -0.2) is 23.5 Å². The Bertz CT molecular complexity index is 986. The lowest BCUT2D eigenvalue weighted by Gasteiger charge is -2.09. The van der Waals surface area contributed by atoms with Crippen LogP contribution in [0.15, 0.2) is 42.6 Å². The normalized spacial score (nSPS) is 10.7. The zero-order valence-corrected chi connectivity index (χ0v) is 14.7. The number of ether oxygens (including phenoxy) is 1. The van der Waals surface area contributed by atoms with Gasteiger partial charge in [-0.25, -0.2) is 0 Å². The number of aryl methyl sites for hydroxylation is 2. The third-order valence-corrected chi connectivity index (χ3v) is 4.23. The van der Waals surface area contributed by atoms with Crippen molar-refractivity contribution in [3.63, 3.8) is 0 Å². The largest absolute Gasteiger partial charge is 0.497 e. The minimum atomic E-state index is -0.259. The number of methoxy groups -OCH3 is 1. The predicted octanol–water partition coefficient (Wildman–Crippen LogP) is 4.18. The molecule has 0 atom stereocenters. The van der Waals surface area contributed by atoms with Crippen LogP contribution in [0.2, 0.25) is 0 Å². The molecule has 0 spiro atoms. The van der Waals surface area contributed by atoms with Gasteiger partial charge < -0.3 is 10.1 Å². The average Bonchev–Trinajstić information content (AvgIpc) is 2.96. The maximum absolute atomic E-state index is 12.8. The van der Waals surface area contributed by atoms with Gasteiger partial charge >= 0.3 is 0 Å². The van der Waals surface area contributed by atoms with Crippen molar-refractivity contribution in [2.75, 3.05) is 12.4 Å². The van der Waals surface area contributed by atoms with E-state index in [9.17, 15) is 9.59 Å². The number of carbonyl (C=O) groups excluding carboxylic acids is 2. The number of nitrogens with one attached hydrogen (secondary N) is 1. The number of hydrogen-bond acceptors (Lipinski definition) is 3. The topological polar surface area (TPSA) is 60.3 Å². The van der Waals surface area contributed by atoms with E-state index < -0.39 is 0 Å². The molecule has 0 aliphatic heterocycles. The van der Waals surface area contributed by atoms with E-state index in [0.29, 0.717) is 22.2 Å². The first-order valence-corrected chi connectivity index (χ1v) is 7.99. The quantitative estimate of drug-likeness (QED) is 0.780. The number of hydrogen-bond donors (Lipinski definition) is 1. The molecule has 1 heterocycles. The molecule has 0 radical (unpaired) electrons. The fourth-order valence-corrected chi connectivity index (χ4v) is 2.92. The maximum Gasteiger partial charge on any atom is 0.257 e.